The van der Waals surface area contributed by atoms with Crippen LogP contribution in [0.2, 0.25) is 0 Å². The lowest BCUT2D eigenvalue weighted by Gasteiger charge is -2.40. The Morgan fingerprint density at radius 3 is 2.55 bits per heavy atom. The molecule has 2 N–H and O–H groups in total. The van der Waals surface area contributed by atoms with Gasteiger partial charge < -0.3 is 5.32 Å². The molecule has 0 radical (unpaired) electrons. The lowest BCUT2D eigenvalue weighted by molar-refractivity contribution is 0.190. The van der Waals surface area contributed by atoms with Crippen molar-refractivity contribution in [1.29, 1.82) is 0 Å². The first-order valence-electron chi connectivity index (χ1n) is 10.5. The van der Waals surface area contributed by atoms with Crippen LogP contribution >= 0.6 is 24.8 Å². The zero-order valence-corrected chi connectivity index (χ0v) is 19.3. The van der Waals surface area contributed by atoms with Gasteiger partial charge in [0.05, 0.1) is 5.69 Å². The van der Waals surface area contributed by atoms with E-state index in [1.54, 1.807) is 0 Å². The number of H-pyrrole nitrogens is 1. The highest BCUT2D eigenvalue weighted by Crippen LogP contribution is 2.34. The number of rotatable bonds is 5. The average molecular weight is 440 g/mol. The molecule has 0 bridgehead atoms. The van der Waals surface area contributed by atoms with Gasteiger partial charge in [-0.2, -0.15) is 5.10 Å². The Hall–Kier alpha value is -1.14. The quantitative estimate of drug-likeness (QED) is 0.691. The van der Waals surface area contributed by atoms with E-state index in [1.807, 2.05) is 6.20 Å². The van der Waals surface area contributed by atoms with Gasteiger partial charge in [-0.25, -0.2) is 0 Å². The number of hydrogen-bond donors (Lipinski definition) is 2. The van der Waals surface area contributed by atoms with Gasteiger partial charge in [-0.3, -0.25) is 15.0 Å². The number of hydrogen-bond acceptors (Lipinski definition) is 4. The smallest absolute Gasteiger partial charge is 0.0796 e. The summed E-state index contributed by atoms with van der Waals surface area (Å²) in [5.41, 5.74) is 6.76. The fourth-order valence-electron chi connectivity index (χ4n) is 4.87. The lowest BCUT2D eigenvalue weighted by atomic mass is 9.75. The Bertz CT molecular complexity index is 753. The largest absolute Gasteiger partial charge is 0.317 e. The predicted molar refractivity (Wildman–Crippen MR) is 123 cm³/mol. The second-order valence-corrected chi connectivity index (χ2v) is 8.61. The molecule has 1 fully saturated rings. The van der Waals surface area contributed by atoms with Crippen molar-refractivity contribution in [3.63, 3.8) is 0 Å². The number of nitrogens with zero attached hydrogens (tertiary/aromatic N) is 3. The maximum absolute atomic E-state index is 4.83. The van der Waals surface area contributed by atoms with E-state index in [-0.39, 0.29) is 30.2 Å². The normalized spacial score (nSPS) is 18.3. The molecule has 1 aliphatic carbocycles. The number of aromatic amines is 1. The molecule has 0 spiro atoms. The van der Waals surface area contributed by atoms with Crippen molar-refractivity contribution in [2.24, 2.45) is 0 Å². The van der Waals surface area contributed by atoms with E-state index in [9.17, 15) is 0 Å². The molecule has 0 unspecified atom stereocenters. The van der Waals surface area contributed by atoms with Gasteiger partial charge in [-0.1, -0.05) is 12.5 Å². The zero-order chi connectivity index (χ0) is 18.7. The number of piperidine rings is 1. The highest BCUT2D eigenvalue weighted by molar-refractivity contribution is 5.85. The third-order valence-electron chi connectivity index (χ3n) is 6.40. The fourth-order valence-corrected chi connectivity index (χ4v) is 4.87. The van der Waals surface area contributed by atoms with Crippen LogP contribution in [0.1, 0.15) is 60.3 Å². The number of fused-ring (bicyclic) bond motifs is 1. The minimum Gasteiger partial charge on any atom is -0.317 e. The van der Waals surface area contributed by atoms with E-state index in [2.05, 4.69) is 46.5 Å². The first-order valence-corrected chi connectivity index (χ1v) is 10.5. The summed E-state index contributed by atoms with van der Waals surface area (Å²) in [4.78, 5) is 7.30. The van der Waals surface area contributed by atoms with Crippen LogP contribution in [0.4, 0.5) is 0 Å². The van der Waals surface area contributed by atoms with Gasteiger partial charge in [-0.15, -0.1) is 24.8 Å². The molecule has 2 aromatic heterocycles. The topological polar surface area (TPSA) is 56.8 Å². The van der Waals surface area contributed by atoms with Gasteiger partial charge in [0.15, 0.2) is 0 Å². The third-order valence-corrected chi connectivity index (χ3v) is 6.40. The summed E-state index contributed by atoms with van der Waals surface area (Å²) >= 11 is 0. The predicted octanol–water partition coefficient (Wildman–Crippen LogP) is 3.98. The SMILES string of the molecule is Cc1ccc(C2(CN(C)Cc3n[nH]c4c3CCCCC4)CCNCC2)nc1.Cl.Cl. The van der Waals surface area contributed by atoms with Gasteiger partial charge in [0, 0.05) is 36.1 Å². The number of likely N-dealkylation sites (N-methyl/N-ethyl adjacent to an activating group) is 1. The number of pyridine rings is 1. The van der Waals surface area contributed by atoms with E-state index in [1.165, 1.54) is 53.9 Å². The third kappa shape index (κ3) is 5.52. The van der Waals surface area contributed by atoms with Gasteiger partial charge in [0.1, 0.15) is 0 Å². The Morgan fingerprint density at radius 1 is 1.07 bits per heavy atom. The molecule has 2 aromatic rings. The van der Waals surface area contributed by atoms with Crippen LogP contribution in [0.15, 0.2) is 18.3 Å². The molecule has 162 valence electrons. The van der Waals surface area contributed by atoms with E-state index < -0.39 is 0 Å². The first kappa shape index (κ1) is 24.1. The molecule has 0 atom stereocenters. The van der Waals surface area contributed by atoms with Crippen molar-refractivity contribution < 1.29 is 0 Å². The van der Waals surface area contributed by atoms with Crippen molar-refractivity contribution in [2.75, 3.05) is 26.7 Å². The van der Waals surface area contributed by atoms with Crippen LogP contribution in [-0.4, -0.2) is 46.8 Å². The molecule has 0 saturated carbocycles. The van der Waals surface area contributed by atoms with Crippen LogP contribution in [0.5, 0.6) is 0 Å². The molecule has 4 rings (SSSR count). The van der Waals surface area contributed by atoms with Gasteiger partial charge in [0.2, 0.25) is 0 Å². The average Bonchev–Trinajstić information content (AvgIpc) is 2.89. The standard InChI is InChI=1S/C22H33N5.2ClH/c1-17-8-9-21(24-14-17)22(10-12-23-13-11-22)16-27(2)15-20-18-6-4-3-5-7-19(18)25-26-20;;/h8-9,14,23H,3-7,10-13,15-16H2,1-2H3,(H,25,26);2*1H. The second-order valence-electron chi connectivity index (χ2n) is 8.61. The van der Waals surface area contributed by atoms with Crippen molar-refractivity contribution in [3.8, 4) is 0 Å². The van der Waals surface area contributed by atoms with Crippen molar-refractivity contribution in [3.05, 3.63) is 46.5 Å². The maximum atomic E-state index is 4.83. The fraction of sp³-hybridized carbons (Fsp3) is 0.636. The van der Waals surface area contributed by atoms with Gasteiger partial charge >= 0.3 is 0 Å². The molecule has 2 aliphatic rings. The highest BCUT2D eigenvalue weighted by Gasteiger charge is 2.36. The molecule has 29 heavy (non-hydrogen) atoms. The number of nitrogens with one attached hydrogen (secondary N) is 2. The van der Waals surface area contributed by atoms with E-state index in [4.69, 9.17) is 4.98 Å². The van der Waals surface area contributed by atoms with Crippen LogP contribution in [0, 0.1) is 6.92 Å². The van der Waals surface area contributed by atoms with E-state index in [0.29, 0.717) is 0 Å². The molecular formula is C22H35Cl2N5. The van der Waals surface area contributed by atoms with Crippen LogP contribution in [-0.2, 0) is 24.8 Å². The van der Waals surface area contributed by atoms with E-state index in [0.717, 1.165) is 45.4 Å². The second kappa shape index (κ2) is 10.8. The minimum atomic E-state index is 0. The monoisotopic (exact) mass is 439 g/mol. The Balaban J connectivity index is 0.00000150. The molecule has 7 heteroatoms. The summed E-state index contributed by atoms with van der Waals surface area (Å²) in [5.74, 6) is 0. The van der Waals surface area contributed by atoms with E-state index >= 15 is 0 Å². The molecule has 1 aliphatic heterocycles. The van der Waals surface area contributed by atoms with Crippen molar-refractivity contribution in [1.82, 2.24) is 25.4 Å². The number of halogens is 2. The molecule has 3 heterocycles. The Morgan fingerprint density at radius 2 is 1.83 bits per heavy atom. The van der Waals surface area contributed by atoms with Crippen LogP contribution in [0.3, 0.4) is 0 Å². The van der Waals surface area contributed by atoms with Crippen LogP contribution < -0.4 is 5.32 Å². The summed E-state index contributed by atoms with van der Waals surface area (Å²) in [7, 11) is 2.25. The summed E-state index contributed by atoms with van der Waals surface area (Å²) in [6, 6.07) is 4.45. The summed E-state index contributed by atoms with van der Waals surface area (Å²) in [6.07, 6.45) is 10.6. The number of aromatic nitrogens is 3. The maximum Gasteiger partial charge on any atom is 0.0796 e. The number of aryl methyl sites for hydroxylation is 2. The summed E-state index contributed by atoms with van der Waals surface area (Å²) < 4.78 is 0. The van der Waals surface area contributed by atoms with Gasteiger partial charge in [0.25, 0.3) is 0 Å². The van der Waals surface area contributed by atoms with Crippen molar-refractivity contribution >= 4 is 24.8 Å². The molecule has 1 saturated heterocycles. The minimum absolute atomic E-state index is 0. The zero-order valence-electron chi connectivity index (χ0n) is 17.7. The molecular weight excluding hydrogens is 405 g/mol. The Labute approximate surface area is 187 Å². The molecule has 0 amide bonds. The Kier molecular flexibility index (Phi) is 8.95. The lowest BCUT2D eigenvalue weighted by Crippen LogP contribution is -2.47. The molecule has 5 nitrogen and oxygen atoms in total. The molecule has 0 aromatic carbocycles. The highest BCUT2D eigenvalue weighted by atomic mass is 35.5. The van der Waals surface area contributed by atoms with Crippen LogP contribution in [0.25, 0.3) is 0 Å². The summed E-state index contributed by atoms with van der Waals surface area (Å²) in [6.45, 7) is 6.21. The van der Waals surface area contributed by atoms with Gasteiger partial charge in [-0.05, 0) is 82.8 Å². The first-order chi connectivity index (χ1) is 13.2. The van der Waals surface area contributed by atoms with Crippen molar-refractivity contribution in [2.45, 2.75) is 63.8 Å². The summed E-state index contributed by atoms with van der Waals surface area (Å²) in [5, 5.41) is 11.5.